The third kappa shape index (κ3) is 4.90. The Morgan fingerprint density at radius 1 is 1.20 bits per heavy atom. The second-order valence-electron chi connectivity index (χ2n) is 5.44. The number of benzene rings is 2. The van der Waals surface area contributed by atoms with Gasteiger partial charge in [0.2, 0.25) is 5.78 Å². The Morgan fingerprint density at radius 2 is 1.88 bits per heavy atom. The lowest BCUT2D eigenvalue weighted by atomic mass is 10.0. The molecule has 0 aliphatic rings. The molecular weight excluding hydrogens is 343 g/mol. The average Bonchev–Trinajstić information content (AvgIpc) is 2.62. The molecule has 6 heteroatoms. The van der Waals surface area contributed by atoms with Gasteiger partial charge in [-0.15, -0.1) is 0 Å². The molecule has 130 valence electrons. The van der Waals surface area contributed by atoms with E-state index in [1.807, 2.05) is 30.3 Å². The monoisotopic (exact) mass is 360 g/mol. The first-order valence-electron chi connectivity index (χ1n) is 7.61. The van der Waals surface area contributed by atoms with Crippen molar-refractivity contribution in [2.75, 3.05) is 7.05 Å². The standard InChI is InChI=1S/C19H18ClFN2O2/c1-12(22-2)18(14-6-4-3-5-7-14)23-19(25)17(24)11-13-8-9-15(20)16(21)10-13/h3-10,18,22H,1,11H2,2H3,(H,23,25). The second kappa shape index (κ2) is 8.44. The maximum absolute atomic E-state index is 13.5. The first-order valence-corrected chi connectivity index (χ1v) is 7.99. The van der Waals surface area contributed by atoms with E-state index in [2.05, 4.69) is 17.2 Å². The van der Waals surface area contributed by atoms with Gasteiger partial charge in [-0.3, -0.25) is 9.59 Å². The zero-order valence-electron chi connectivity index (χ0n) is 13.7. The van der Waals surface area contributed by atoms with E-state index in [-0.39, 0.29) is 11.4 Å². The number of amides is 1. The predicted octanol–water partition coefficient (Wildman–Crippen LogP) is 3.18. The Morgan fingerprint density at radius 3 is 2.48 bits per heavy atom. The normalized spacial score (nSPS) is 11.5. The van der Waals surface area contributed by atoms with Gasteiger partial charge in [-0.1, -0.05) is 54.6 Å². The molecule has 2 rings (SSSR count). The summed E-state index contributed by atoms with van der Waals surface area (Å²) in [6.45, 7) is 3.87. The van der Waals surface area contributed by atoms with Gasteiger partial charge in [-0.2, -0.15) is 0 Å². The van der Waals surface area contributed by atoms with Crippen molar-refractivity contribution in [2.24, 2.45) is 0 Å². The van der Waals surface area contributed by atoms with Crippen LogP contribution in [0.15, 0.2) is 60.8 Å². The average molecular weight is 361 g/mol. The number of hydrogen-bond acceptors (Lipinski definition) is 3. The van der Waals surface area contributed by atoms with Crippen LogP contribution in [0.2, 0.25) is 5.02 Å². The molecule has 25 heavy (non-hydrogen) atoms. The molecule has 1 amide bonds. The fourth-order valence-corrected chi connectivity index (χ4v) is 2.41. The van der Waals surface area contributed by atoms with Gasteiger partial charge in [-0.25, -0.2) is 4.39 Å². The van der Waals surface area contributed by atoms with E-state index < -0.39 is 23.5 Å². The molecule has 0 saturated heterocycles. The summed E-state index contributed by atoms with van der Waals surface area (Å²) in [7, 11) is 1.68. The predicted molar refractivity (Wildman–Crippen MR) is 95.6 cm³/mol. The molecule has 1 unspecified atom stereocenters. The van der Waals surface area contributed by atoms with Crippen molar-refractivity contribution in [2.45, 2.75) is 12.5 Å². The molecule has 0 heterocycles. The molecule has 0 aliphatic heterocycles. The van der Waals surface area contributed by atoms with Crippen molar-refractivity contribution in [3.05, 3.63) is 82.8 Å². The number of carbonyl (C=O) groups is 2. The first-order chi connectivity index (χ1) is 11.9. The van der Waals surface area contributed by atoms with Gasteiger partial charge >= 0.3 is 0 Å². The second-order valence-corrected chi connectivity index (χ2v) is 5.85. The van der Waals surface area contributed by atoms with E-state index in [1.165, 1.54) is 12.1 Å². The number of halogens is 2. The molecule has 0 bridgehead atoms. The Labute approximate surface area is 150 Å². The maximum Gasteiger partial charge on any atom is 0.288 e. The molecule has 0 fully saturated rings. The Balaban J connectivity index is 2.10. The number of Topliss-reactive ketones (excluding diaryl/α,β-unsaturated/α-hetero) is 1. The van der Waals surface area contributed by atoms with Crippen LogP contribution in [-0.4, -0.2) is 18.7 Å². The summed E-state index contributed by atoms with van der Waals surface area (Å²) in [5, 5.41) is 5.51. The number of likely N-dealkylation sites (N-methyl/N-ethyl adjacent to an activating group) is 1. The molecule has 2 aromatic rings. The summed E-state index contributed by atoms with van der Waals surface area (Å²) in [5.74, 6) is -2.06. The summed E-state index contributed by atoms with van der Waals surface area (Å²) in [4.78, 5) is 24.4. The Bertz CT molecular complexity index is 793. The highest BCUT2D eigenvalue weighted by molar-refractivity contribution is 6.36. The quantitative estimate of drug-likeness (QED) is 0.745. The summed E-state index contributed by atoms with van der Waals surface area (Å²) in [6.07, 6.45) is -0.215. The SMILES string of the molecule is C=C(NC)C(NC(=O)C(=O)Cc1ccc(Cl)c(F)c1)c1ccccc1. The van der Waals surface area contributed by atoms with Gasteiger partial charge in [0.15, 0.2) is 0 Å². The van der Waals surface area contributed by atoms with E-state index in [0.29, 0.717) is 11.3 Å². The van der Waals surface area contributed by atoms with Crippen molar-refractivity contribution < 1.29 is 14.0 Å². The first kappa shape index (κ1) is 18.7. The fraction of sp³-hybridized carbons (Fsp3) is 0.158. The molecule has 0 aliphatic carbocycles. The van der Waals surface area contributed by atoms with Crippen molar-refractivity contribution in [3.8, 4) is 0 Å². The summed E-state index contributed by atoms with van der Waals surface area (Å²) in [5.41, 5.74) is 1.72. The highest BCUT2D eigenvalue weighted by Gasteiger charge is 2.22. The number of carbonyl (C=O) groups excluding carboxylic acids is 2. The lowest BCUT2D eigenvalue weighted by Gasteiger charge is -2.21. The minimum absolute atomic E-state index is 0.0323. The number of rotatable bonds is 7. The minimum Gasteiger partial charge on any atom is -0.390 e. The van der Waals surface area contributed by atoms with Crippen molar-refractivity contribution in [3.63, 3.8) is 0 Å². The molecule has 0 radical (unpaired) electrons. The summed E-state index contributed by atoms with van der Waals surface area (Å²) >= 11 is 5.61. The largest absolute Gasteiger partial charge is 0.390 e. The van der Waals surface area contributed by atoms with Crippen molar-refractivity contribution in [1.29, 1.82) is 0 Å². The minimum atomic E-state index is -0.763. The third-order valence-electron chi connectivity index (χ3n) is 3.68. The number of nitrogens with one attached hydrogen (secondary N) is 2. The van der Waals surface area contributed by atoms with Crippen LogP contribution in [0.4, 0.5) is 4.39 Å². The molecule has 0 aromatic heterocycles. The van der Waals surface area contributed by atoms with E-state index in [9.17, 15) is 14.0 Å². The van der Waals surface area contributed by atoms with E-state index in [0.717, 1.165) is 11.6 Å². The lowest BCUT2D eigenvalue weighted by Crippen LogP contribution is -2.37. The van der Waals surface area contributed by atoms with Crippen LogP contribution in [0.3, 0.4) is 0 Å². The molecule has 1 atom stereocenters. The molecular formula is C19H18ClFN2O2. The Kier molecular flexibility index (Phi) is 6.31. The van der Waals surface area contributed by atoms with Gasteiger partial charge in [0, 0.05) is 19.2 Å². The highest BCUT2D eigenvalue weighted by atomic mass is 35.5. The third-order valence-corrected chi connectivity index (χ3v) is 3.99. The van der Waals surface area contributed by atoms with Crippen LogP contribution in [0.1, 0.15) is 17.2 Å². The van der Waals surface area contributed by atoms with Crippen LogP contribution in [0.5, 0.6) is 0 Å². The van der Waals surface area contributed by atoms with Gasteiger partial charge in [0.1, 0.15) is 5.82 Å². The molecule has 0 spiro atoms. The number of hydrogen-bond donors (Lipinski definition) is 2. The molecule has 2 aromatic carbocycles. The van der Waals surface area contributed by atoms with Crippen LogP contribution < -0.4 is 10.6 Å². The zero-order valence-corrected chi connectivity index (χ0v) is 14.4. The summed E-state index contributed by atoms with van der Waals surface area (Å²) < 4.78 is 13.5. The zero-order chi connectivity index (χ0) is 18.4. The molecule has 4 nitrogen and oxygen atoms in total. The highest BCUT2D eigenvalue weighted by Crippen LogP contribution is 2.19. The van der Waals surface area contributed by atoms with Crippen LogP contribution in [-0.2, 0) is 16.0 Å². The fourth-order valence-electron chi connectivity index (χ4n) is 2.29. The Hall–Kier alpha value is -2.66. The van der Waals surface area contributed by atoms with Crippen molar-refractivity contribution in [1.82, 2.24) is 10.6 Å². The van der Waals surface area contributed by atoms with Gasteiger partial charge in [0.05, 0.1) is 11.1 Å². The topological polar surface area (TPSA) is 58.2 Å². The van der Waals surface area contributed by atoms with E-state index >= 15 is 0 Å². The lowest BCUT2D eigenvalue weighted by molar-refractivity contribution is -0.137. The van der Waals surface area contributed by atoms with Crippen molar-refractivity contribution >= 4 is 23.3 Å². The van der Waals surface area contributed by atoms with Crippen LogP contribution in [0, 0.1) is 5.82 Å². The maximum atomic E-state index is 13.5. The van der Waals surface area contributed by atoms with Gasteiger partial charge < -0.3 is 10.6 Å². The van der Waals surface area contributed by atoms with E-state index in [1.54, 1.807) is 7.05 Å². The van der Waals surface area contributed by atoms with E-state index in [4.69, 9.17) is 11.6 Å². The smallest absolute Gasteiger partial charge is 0.288 e. The molecule has 0 saturated carbocycles. The summed E-state index contributed by atoms with van der Waals surface area (Å²) in [6, 6.07) is 12.6. The van der Waals surface area contributed by atoms with Gasteiger partial charge in [-0.05, 0) is 23.3 Å². The van der Waals surface area contributed by atoms with Crippen LogP contribution in [0.25, 0.3) is 0 Å². The van der Waals surface area contributed by atoms with Gasteiger partial charge in [0.25, 0.3) is 5.91 Å². The molecule has 2 N–H and O–H groups in total. The van der Waals surface area contributed by atoms with Crippen LogP contribution >= 0.6 is 11.6 Å². The number of ketones is 1.